The molecule has 1 amide bonds. The molecule has 2 aromatic rings. The molecule has 3 rings (SSSR count). The number of rotatable bonds is 6. The first-order chi connectivity index (χ1) is 14.8. The fraction of sp³-hybridized carbons (Fsp3) is 0.391. The van der Waals surface area contributed by atoms with E-state index >= 15 is 0 Å². The number of carbonyl (C=O) groups excluding carboxylic acids is 1. The van der Waals surface area contributed by atoms with Crippen LogP contribution in [0.2, 0.25) is 5.02 Å². The van der Waals surface area contributed by atoms with E-state index in [2.05, 4.69) is 41.0 Å². The Kier molecular flexibility index (Phi) is 7.62. The molecule has 164 valence electrons. The summed E-state index contributed by atoms with van der Waals surface area (Å²) in [6, 6.07) is 7.46. The minimum absolute atomic E-state index is 0.000556. The molecule has 1 aliphatic heterocycles. The van der Waals surface area contributed by atoms with Crippen LogP contribution in [0.25, 0.3) is 0 Å². The molecule has 1 aromatic heterocycles. The van der Waals surface area contributed by atoms with Gasteiger partial charge in [-0.15, -0.1) is 16.4 Å². The van der Waals surface area contributed by atoms with Crippen LogP contribution in [0.1, 0.15) is 48.3 Å². The molecule has 0 saturated heterocycles. The van der Waals surface area contributed by atoms with Crippen LogP contribution in [0.5, 0.6) is 0 Å². The topological polar surface area (TPSA) is 69.4 Å². The first-order valence-corrected chi connectivity index (χ1v) is 11.5. The third-order valence-corrected chi connectivity index (χ3v) is 6.75. The van der Waals surface area contributed by atoms with Gasteiger partial charge in [0.15, 0.2) is 0 Å². The SMILES string of the molecule is C=N/N=C(/C)N1C[C@H](CC(=O)NCCC)N=C(c2ccc(Cl)cc2)c2c1sc(C)c2C. The summed E-state index contributed by atoms with van der Waals surface area (Å²) in [6.45, 7) is 12.9. The molecule has 0 spiro atoms. The fourth-order valence-electron chi connectivity index (χ4n) is 3.58. The van der Waals surface area contributed by atoms with Crippen molar-refractivity contribution in [3.8, 4) is 0 Å². The third kappa shape index (κ3) is 5.22. The molecular formula is C23H28ClN5OS. The average molecular weight is 458 g/mol. The molecule has 0 saturated carbocycles. The van der Waals surface area contributed by atoms with Crippen LogP contribution in [0.3, 0.4) is 0 Å². The number of amides is 1. The van der Waals surface area contributed by atoms with Crippen LogP contribution in [-0.2, 0) is 4.79 Å². The fourth-order valence-corrected chi connectivity index (χ4v) is 4.92. The monoisotopic (exact) mass is 457 g/mol. The van der Waals surface area contributed by atoms with Crippen LogP contribution in [0.15, 0.2) is 39.5 Å². The number of fused-ring (bicyclic) bond motifs is 1. The van der Waals surface area contributed by atoms with Crippen LogP contribution >= 0.6 is 22.9 Å². The zero-order valence-corrected chi connectivity index (χ0v) is 20.0. The van der Waals surface area contributed by atoms with Crippen molar-refractivity contribution in [2.45, 2.75) is 46.6 Å². The molecule has 0 unspecified atom stereocenters. The standard InChI is InChI=1S/C23H28ClN5OS/c1-6-11-26-20(30)12-19-13-29(16(4)28-25-5)23-21(14(2)15(3)31-23)22(27-19)17-7-9-18(24)10-8-17/h7-10,19H,5-6,11-13H2,1-4H3,(H,26,30)/b28-16-/t19-/m0/s1. The summed E-state index contributed by atoms with van der Waals surface area (Å²) in [5, 5.41) is 12.6. The Labute approximate surface area is 192 Å². The molecule has 8 heteroatoms. The summed E-state index contributed by atoms with van der Waals surface area (Å²) in [7, 11) is 0. The number of aliphatic imine (C=N–C) groups is 1. The van der Waals surface area contributed by atoms with E-state index < -0.39 is 0 Å². The highest BCUT2D eigenvalue weighted by Crippen LogP contribution is 2.39. The second-order valence-corrected chi connectivity index (χ2v) is 9.19. The summed E-state index contributed by atoms with van der Waals surface area (Å²) >= 11 is 7.84. The van der Waals surface area contributed by atoms with Crippen molar-refractivity contribution in [1.29, 1.82) is 0 Å². The van der Waals surface area contributed by atoms with E-state index in [1.54, 1.807) is 11.3 Å². The molecule has 1 aliphatic rings. The molecule has 0 fully saturated rings. The molecule has 6 nitrogen and oxygen atoms in total. The van der Waals surface area contributed by atoms with Crippen molar-refractivity contribution < 1.29 is 4.79 Å². The number of amidine groups is 1. The van der Waals surface area contributed by atoms with Crippen LogP contribution in [-0.4, -0.2) is 43.3 Å². The number of carbonyl (C=O) groups is 1. The number of halogens is 1. The van der Waals surface area contributed by atoms with Crippen LogP contribution in [0.4, 0.5) is 5.00 Å². The van der Waals surface area contributed by atoms with E-state index in [0.29, 0.717) is 24.5 Å². The van der Waals surface area contributed by atoms with Gasteiger partial charge in [-0.05, 0) is 44.9 Å². The smallest absolute Gasteiger partial charge is 0.222 e. The molecule has 1 N–H and O–H groups in total. The van der Waals surface area contributed by atoms with Gasteiger partial charge >= 0.3 is 0 Å². The number of nitrogens with one attached hydrogen (secondary N) is 1. The predicted octanol–water partition coefficient (Wildman–Crippen LogP) is 4.99. The zero-order chi connectivity index (χ0) is 22.5. The van der Waals surface area contributed by atoms with Crippen molar-refractivity contribution in [3.05, 3.63) is 50.9 Å². The number of anilines is 1. The normalized spacial score (nSPS) is 16.4. The summed E-state index contributed by atoms with van der Waals surface area (Å²) in [5.74, 6) is 0.727. The Hall–Kier alpha value is -2.51. The van der Waals surface area contributed by atoms with Gasteiger partial charge in [0.25, 0.3) is 0 Å². The molecule has 2 heterocycles. The Morgan fingerprint density at radius 3 is 2.71 bits per heavy atom. The van der Waals surface area contributed by atoms with Gasteiger partial charge in [0.2, 0.25) is 5.91 Å². The third-order valence-electron chi connectivity index (χ3n) is 5.27. The highest BCUT2D eigenvalue weighted by Gasteiger charge is 2.31. The lowest BCUT2D eigenvalue weighted by Crippen LogP contribution is -2.37. The van der Waals surface area contributed by atoms with E-state index in [9.17, 15) is 4.79 Å². The minimum Gasteiger partial charge on any atom is -0.356 e. The Morgan fingerprint density at radius 2 is 2.06 bits per heavy atom. The Morgan fingerprint density at radius 1 is 1.35 bits per heavy atom. The largest absolute Gasteiger partial charge is 0.356 e. The molecule has 31 heavy (non-hydrogen) atoms. The highest BCUT2D eigenvalue weighted by molar-refractivity contribution is 7.17. The average Bonchev–Trinajstić information content (AvgIpc) is 2.93. The van der Waals surface area contributed by atoms with E-state index in [1.807, 2.05) is 38.1 Å². The maximum absolute atomic E-state index is 12.5. The predicted molar refractivity (Wildman–Crippen MR) is 133 cm³/mol. The molecule has 1 atom stereocenters. The van der Waals surface area contributed by atoms with E-state index in [-0.39, 0.29) is 11.9 Å². The zero-order valence-electron chi connectivity index (χ0n) is 18.4. The first kappa shape index (κ1) is 23.2. The number of aryl methyl sites for hydroxylation is 1. The van der Waals surface area contributed by atoms with Gasteiger partial charge in [0, 0.05) is 40.8 Å². The summed E-state index contributed by atoms with van der Waals surface area (Å²) in [4.78, 5) is 21.0. The van der Waals surface area contributed by atoms with Crippen molar-refractivity contribution in [1.82, 2.24) is 5.32 Å². The van der Waals surface area contributed by atoms with E-state index in [4.69, 9.17) is 16.6 Å². The van der Waals surface area contributed by atoms with Crippen molar-refractivity contribution in [3.63, 3.8) is 0 Å². The molecule has 0 bridgehead atoms. The molecule has 0 radical (unpaired) electrons. The lowest BCUT2D eigenvalue weighted by molar-refractivity contribution is -0.121. The number of hydrogen-bond donors (Lipinski definition) is 1. The number of thiophene rings is 1. The lowest BCUT2D eigenvalue weighted by atomic mass is 9.99. The highest BCUT2D eigenvalue weighted by atomic mass is 35.5. The number of benzene rings is 1. The summed E-state index contributed by atoms with van der Waals surface area (Å²) in [5.41, 5.74) is 4.10. The van der Waals surface area contributed by atoms with Crippen LogP contribution < -0.4 is 10.2 Å². The van der Waals surface area contributed by atoms with Gasteiger partial charge in [0.05, 0.1) is 18.2 Å². The Balaban J connectivity index is 2.14. The van der Waals surface area contributed by atoms with E-state index in [0.717, 1.165) is 34.1 Å². The minimum atomic E-state index is -0.239. The van der Waals surface area contributed by atoms with Crippen molar-refractivity contribution in [2.75, 3.05) is 18.0 Å². The van der Waals surface area contributed by atoms with Gasteiger partial charge in [0.1, 0.15) is 10.8 Å². The maximum Gasteiger partial charge on any atom is 0.222 e. The molecular weight excluding hydrogens is 430 g/mol. The number of hydrogen-bond acceptors (Lipinski definition) is 5. The van der Waals surface area contributed by atoms with Gasteiger partial charge in [-0.25, -0.2) is 0 Å². The van der Waals surface area contributed by atoms with Gasteiger partial charge in [-0.1, -0.05) is 30.7 Å². The van der Waals surface area contributed by atoms with Gasteiger partial charge in [-0.2, -0.15) is 5.10 Å². The molecule has 0 aliphatic carbocycles. The van der Waals surface area contributed by atoms with Crippen LogP contribution in [0, 0.1) is 13.8 Å². The lowest BCUT2D eigenvalue weighted by Gasteiger charge is -2.24. The van der Waals surface area contributed by atoms with Crippen molar-refractivity contribution in [2.24, 2.45) is 15.2 Å². The molecule has 1 aromatic carbocycles. The van der Waals surface area contributed by atoms with Gasteiger partial charge < -0.3 is 10.2 Å². The number of nitrogens with zero attached hydrogens (tertiary/aromatic N) is 4. The summed E-state index contributed by atoms with van der Waals surface area (Å²) < 4.78 is 0. The second-order valence-electron chi connectivity index (χ2n) is 7.56. The second kappa shape index (κ2) is 10.2. The first-order valence-electron chi connectivity index (χ1n) is 10.3. The Bertz CT molecular complexity index is 1030. The maximum atomic E-state index is 12.5. The summed E-state index contributed by atoms with van der Waals surface area (Å²) in [6.07, 6.45) is 1.20. The van der Waals surface area contributed by atoms with Crippen molar-refractivity contribution >= 4 is 52.1 Å². The van der Waals surface area contributed by atoms with Gasteiger partial charge in [-0.3, -0.25) is 9.79 Å². The van der Waals surface area contributed by atoms with E-state index in [1.165, 1.54) is 10.4 Å². The quantitative estimate of drug-likeness (QED) is 0.377.